The number of aromatic nitrogens is 6. The summed E-state index contributed by atoms with van der Waals surface area (Å²) in [7, 11) is 0. The molecular weight excluding hydrogens is 396 g/mol. The summed E-state index contributed by atoms with van der Waals surface area (Å²) in [6.07, 6.45) is 2.27. The number of para-hydroxylation sites is 1. The number of rotatable bonds is 3. The van der Waals surface area contributed by atoms with Crippen molar-refractivity contribution in [2.24, 2.45) is 0 Å². The minimum Gasteiger partial charge on any atom is -0.353 e. The zero-order valence-electron chi connectivity index (χ0n) is 17.2. The van der Waals surface area contributed by atoms with Crippen molar-refractivity contribution in [3.63, 3.8) is 0 Å². The quantitative estimate of drug-likeness (QED) is 0.487. The third-order valence-electron chi connectivity index (χ3n) is 5.61. The van der Waals surface area contributed by atoms with Crippen molar-refractivity contribution in [2.75, 3.05) is 31.1 Å². The molecule has 0 spiro atoms. The number of anilines is 1. The summed E-state index contributed by atoms with van der Waals surface area (Å²) in [5.41, 5.74) is 1.15. The normalized spacial score (nSPS) is 14.9. The number of aryl methyl sites for hydroxylation is 1. The van der Waals surface area contributed by atoms with Gasteiger partial charge in [-0.1, -0.05) is 12.1 Å². The first-order valence-corrected chi connectivity index (χ1v) is 10.3. The molecule has 0 unspecified atom stereocenters. The highest BCUT2D eigenvalue weighted by Gasteiger charge is 2.21. The number of benzene rings is 1. The monoisotopic (exact) mass is 418 g/mol. The second-order valence-corrected chi connectivity index (χ2v) is 7.62. The van der Waals surface area contributed by atoms with Gasteiger partial charge in [0.15, 0.2) is 11.5 Å². The van der Waals surface area contributed by atoms with Crippen LogP contribution in [0.2, 0.25) is 0 Å². The van der Waals surface area contributed by atoms with Gasteiger partial charge in [-0.25, -0.2) is 4.98 Å². The van der Waals surface area contributed by atoms with Crippen molar-refractivity contribution in [3.05, 3.63) is 58.9 Å². The molecule has 10 nitrogen and oxygen atoms in total. The van der Waals surface area contributed by atoms with E-state index in [1.54, 1.807) is 22.7 Å². The van der Waals surface area contributed by atoms with Gasteiger partial charge in [-0.15, -0.1) is 15.3 Å². The topological polar surface area (TPSA) is 102 Å². The molecule has 5 rings (SSSR count). The molecule has 31 heavy (non-hydrogen) atoms. The van der Waals surface area contributed by atoms with Gasteiger partial charge in [0.2, 0.25) is 5.91 Å². The maximum atomic E-state index is 12.9. The predicted octanol–water partition coefficient (Wildman–Crippen LogP) is 0.882. The molecule has 1 fully saturated rings. The Labute approximate surface area is 177 Å². The number of carbonyl (C=O) groups is 1. The molecule has 0 atom stereocenters. The highest BCUT2D eigenvalue weighted by atomic mass is 16.2. The van der Waals surface area contributed by atoms with E-state index in [-0.39, 0.29) is 18.0 Å². The van der Waals surface area contributed by atoms with E-state index < -0.39 is 0 Å². The molecule has 0 N–H and O–H groups in total. The van der Waals surface area contributed by atoms with Gasteiger partial charge in [0.05, 0.1) is 17.2 Å². The number of fused-ring (bicyclic) bond motifs is 2. The summed E-state index contributed by atoms with van der Waals surface area (Å²) < 4.78 is 3.11. The van der Waals surface area contributed by atoms with Crippen molar-refractivity contribution in [1.29, 1.82) is 0 Å². The van der Waals surface area contributed by atoms with E-state index >= 15 is 0 Å². The first-order valence-electron chi connectivity index (χ1n) is 10.3. The van der Waals surface area contributed by atoms with Crippen LogP contribution in [0.4, 0.5) is 5.82 Å². The number of hydrogen-bond acceptors (Lipinski definition) is 7. The first-order chi connectivity index (χ1) is 15.1. The molecule has 1 aliphatic rings. The van der Waals surface area contributed by atoms with Crippen molar-refractivity contribution >= 4 is 28.3 Å². The molecule has 10 heteroatoms. The van der Waals surface area contributed by atoms with Gasteiger partial charge in [0, 0.05) is 26.2 Å². The largest absolute Gasteiger partial charge is 0.353 e. The summed E-state index contributed by atoms with van der Waals surface area (Å²) >= 11 is 0. The molecule has 0 saturated carbocycles. The van der Waals surface area contributed by atoms with Crippen LogP contribution in [0.5, 0.6) is 0 Å². The molecule has 0 aliphatic carbocycles. The summed E-state index contributed by atoms with van der Waals surface area (Å²) in [5.74, 6) is 1.48. The van der Waals surface area contributed by atoms with Crippen molar-refractivity contribution < 1.29 is 4.79 Å². The van der Waals surface area contributed by atoms with Gasteiger partial charge >= 0.3 is 0 Å². The number of amides is 1. The van der Waals surface area contributed by atoms with Crippen LogP contribution in [-0.2, 0) is 11.3 Å². The van der Waals surface area contributed by atoms with Gasteiger partial charge in [0.25, 0.3) is 5.56 Å². The molecule has 4 aromatic rings. The van der Waals surface area contributed by atoms with Gasteiger partial charge in [-0.05, 0) is 37.6 Å². The Morgan fingerprint density at radius 1 is 1.03 bits per heavy atom. The third-order valence-corrected chi connectivity index (χ3v) is 5.61. The van der Waals surface area contributed by atoms with E-state index in [9.17, 15) is 9.59 Å². The first kappa shape index (κ1) is 19.2. The average Bonchev–Trinajstić information content (AvgIpc) is 2.99. The highest BCUT2D eigenvalue weighted by Crippen LogP contribution is 2.15. The smallest absolute Gasteiger partial charge is 0.261 e. The van der Waals surface area contributed by atoms with Crippen LogP contribution in [0.15, 0.2) is 47.5 Å². The molecule has 4 heterocycles. The molecule has 0 bridgehead atoms. The SMILES string of the molecule is Cc1nnc2ccc(N3CCCN(C(=O)Cn4cnc5ccccc5c4=O)CC3)nn12. The zero-order valence-corrected chi connectivity index (χ0v) is 17.2. The predicted molar refractivity (Wildman–Crippen MR) is 115 cm³/mol. The van der Waals surface area contributed by atoms with E-state index in [1.165, 1.54) is 10.9 Å². The van der Waals surface area contributed by atoms with Crippen LogP contribution >= 0.6 is 0 Å². The fourth-order valence-electron chi connectivity index (χ4n) is 3.92. The van der Waals surface area contributed by atoms with Crippen molar-refractivity contribution in [2.45, 2.75) is 19.9 Å². The summed E-state index contributed by atoms with van der Waals surface area (Å²) in [6.45, 7) is 4.51. The van der Waals surface area contributed by atoms with Crippen LogP contribution in [0, 0.1) is 6.92 Å². The molecular formula is C21H22N8O2. The Hall–Kier alpha value is -3.82. The highest BCUT2D eigenvalue weighted by molar-refractivity contribution is 5.79. The van der Waals surface area contributed by atoms with Crippen molar-refractivity contribution in [1.82, 2.24) is 34.3 Å². The minimum atomic E-state index is -0.197. The van der Waals surface area contributed by atoms with Gasteiger partial charge in [-0.3, -0.25) is 14.2 Å². The van der Waals surface area contributed by atoms with Crippen LogP contribution in [0.25, 0.3) is 16.6 Å². The lowest BCUT2D eigenvalue weighted by Gasteiger charge is -2.23. The lowest BCUT2D eigenvalue weighted by molar-refractivity contribution is -0.131. The van der Waals surface area contributed by atoms with Gasteiger partial charge in [0.1, 0.15) is 12.4 Å². The fourth-order valence-corrected chi connectivity index (χ4v) is 3.92. The van der Waals surface area contributed by atoms with E-state index in [4.69, 9.17) is 0 Å². The number of nitrogens with zero attached hydrogens (tertiary/aromatic N) is 8. The van der Waals surface area contributed by atoms with Gasteiger partial charge < -0.3 is 9.80 Å². The van der Waals surface area contributed by atoms with E-state index in [0.29, 0.717) is 36.2 Å². The molecule has 1 saturated heterocycles. The Bertz CT molecular complexity index is 1330. The van der Waals surface area contributed by atoms with Gasteiger partial charge in [-0.2, -0.15) is 4.52 Å². The maximum absolute atomic E-state index is 12.9. The molecule has 1 aromatic carbocycles. The minimum absolute atomic E-state index is 0.0131. The van der Waals surface area contributed by atoms with Crippen LogP contribution < -0.4 is 10.5 Å². The molecule has 3 aromatic heterocycles. The second-order valence-electron chi connectivity index (χ2n) is 7.62. The lowest BCUT2D eigenvalue weighted by Crippen LogP contribution is -2.39. The second kappa shape index (κ2) is 7.78. The Morgan fingerprint density at radius 2 is 1.90 bits per heavy atom. The Balaban J connectivity index is 1.30. The standard InChI is InChI=1S/C21H22N8O2/c1-15-23-24-18-7-8-19(25-29(15)18)26-9-4-10-27(12-11-26)20(30)13-28-14-22-17-6-3-2-5-16(17)21(28)31/h2-3,5-8,14H,4,9-13H2,1H3. The Morgan fingerprint density at radius 3 is 2.81 bits per heavy atom. The van der Waals surface area contributed by atoms with E-state index in [0.717, 1.165) is 24.6 Å². The average molecular weight is 418 g/mol. The molecule has 0 radical (unpaired) electrons. The number of hydrogen-bond donors (Lipinski definition) is 0. The van der Waals surface area contributed by atoms with Crippen molar-refractivity contribution in [3.8, 4) is 0 Å². The Kier molecular flexibility index (Phi) is 4.81. The van der Waals surface area contributed by atoms with E-state index in [2.05, 4.69) is 25.2 Å². The lowest BCUT2D eigenvalue weighted by atomic mass is 10.2. The zero-order chi connectivity index (χ0) is 21.4. The summed E-state index contributed by atoms with van der Waals surface area (Å²) in [5, 5.41) is 13.3. The molecule has 1 aliphatic heterocycles. The molecule has 1 amide bonds. The maximum Gasteiger partial charge on any atom is 0.261 e. The van der Waals surface area contributed by atoms with E-state index in [1.807, 2.05) is 30.0 Å². The fraction of sp³-hybridized carbons (Fsp3) is 0.333. The molecule has 158 valence electrons. The third kappa shape index (κ3) is 3.60. The summed E-state index contributed by atoms with van der Waals surface area (Å²) in [6, 6.07) is 11.0. The van der Waals surface area contributed by atoms with Crippen LogP contribution in [0.3, 0.4) is 0 Å². The van der Waals surface area contributed by atoms with Crippen LogP contribution in [-0.4, -0.2) is 66.3 Å². The summed E-state index contributed by atoms with van der Waals surface area (Å²) in [4.78, 5) is 33.9. The van der Waals surface area contributed by atoms with Crippen LogP contribution in [0.1, 0.15) is 12.2 Å². The number of carbonyl (C=O) groups excluding carboxylic acids is 1.